The number of ether oxygens (including phenoxy) is 1. The lowest BCUT2D eigenvalue weighted by molar-refractivity contribution is 0.299. The molecule has 1 atom stereocenters. The Balaban J connectivity index is 1.58. The van der Waals surface area contributed by atoms with E-state index in [1.165, 1.54) is 25.7 Å². The molecule has 94 valence electrons. The molecule has 17 heavy (non-hydrogen) atoms. The predicted octanol–water partition coefficient (Wildman–Crippen LogP) is 3.23. The predicted molar refractivity (Wildman–Crippen MR) is 71.4 cm³/mol. The highest BCUT2D eigenvalue weighted by molar-refractivity contribution is 5.20. The van der Waals surface area contributed by atoms with Gasteiger partial charge in [-0.2, -0.15) is 0 Å². The van der Waals surface area contributed by atoms with Crippen LogP contribution in [0.3, 0.4) is 0 Å². The Labute approximate surface area is 104 Å². The standard InChI is InChI=1S/C15H23NO/c1-2-14(12-13-8-9-13)16-10-11-17-15-6-4-3-5-7-15/h3-7,13-14,16H,2,8-12H2,1H3. The van der Waals surface area contributed by atoms with Crippen LogP contribution in [0, 0.1) is 5.92 Å². The third-order valence-corrected chi connectivity index (χ3v) is 3.35. The summed E-state index contributed by atoms with van der Waals surface area (Å²) >= 11 is 0. The molecule has 0 radical (unpaired) electrons. The van der Waals surface area contributed by atoms with Gasteiger partial charge in [0.2, 0.25) is 0 Å². The lowest BCUT2D eigenvalue weighted by Gasteiger charge is -2.16. The number of rotatable bonds is 8. The fourth-order valence-electron chi connectivity index (χ4n) is 2.10. The van der Waals surface area contributed by atoms with Gasteiger partial charge in [-0.25, -0.2) is 0 Å². The summed E-state index contributed by atoms with van der Waals surface area (Å²) in [4.78, 5) is 0. The molecule has 0 heterocycles. The molecule has 0 saturated heterocycles. The van der Waals surface area contributed by atoms with E-state index >= 15 is 0 Å². The fourth-order valence-corrected chi connectivity index (χ4v) is 2.10. The first-order valence-corrected chi connectivity index (χ1v) is 6.79. The van der Waals surface area contributed by atoms with Gasteiger partial charge in [0.1, 0.15) is 12.4 Å². The SMILES string of the molecule is CCC(CC1CC1)NCCOc1ccccc1. The highest BCUT2D eigenvalue weighted by atomic mass is 16.5. The smallest absolute Gasteiger partial charge is 0.119 e. The molecule has 1 aliphatic carbocycles. The minimum Gasteiger partial charge on any atom is -0.492 e. The van der Waals surface area contributed by atoms with E-state index in [0.717, 1.165) is 24.8 Å². The van der Waals surface area contributed by atoms with Crippen LogP contribution in [0.15, 0.2) is 30.3 Å². The van der Waals surface area contributed by atoms with Gasteiger partial charge in [0.25, 0.3) is 0 Å². The van der Waals surface area contributed by atoms with E-state index in [0.29, 0.717) is 6.04 Å². The van der Waals surface area contributed by atoms with E-state index in [1.54, 1.807) is 0 Å². The van der Waals surface area contributed by atoms with Crippen LogP contribution in [-0.2, 0) is 0 Å². The molecule has 1 aromatic rings. The molecule has 2 nitrogen and oxygen atoms in total. The van der Waals surface area contributed by atoms with Crippen LogP contribution < -0.4 is 10.1 Å². The van der Waals surface area contributed by atoms with Crippen LogP contribution in [0.5, 0.6) is 5.75 Å². The Bertz CT molecular complexity index is 308. The van der Waals surface area contributed by atoms with Gasteiger partial charge in [-0.05, 0) is 30.9 Å². The number of nitrogens with one attached hydrogen (secondary N) is 1. The van der Waals surface area contributed by atoms with E-state index in [9.17, 15) is 0 Å². The van der Waals surface area contributed by atoms with Gasteiger partial charge in [-0.1, -0.05) is 38.0 Å². The molecule has 0 aromatic heterocycles. The topological polar surface area (TPSA) is 21.3 Å². The van der Waals surface area contributed by atoms with E-state index in [2.05, 4.69) is 12.2 Å². The number of hydrogen-bond acceptors (Lipinski definition) is 2. The van der Waals surface area contributed by atoms with Crippen molar-refractivity contribution in [3.63, 3.8) is 0 Å². The molecule has 1 fully saturated rings. The van der Waals surface area contributed by atoms with E-state index in [-0.39, 0.29) is 0 Å². The Morgan fingerprint density at radius 2 is 2.06 bits per heavy atom. The molecule has 0 amide bonds. The zero-order chi connectivity index (χ0) is 11.9. The number of hydrogen-bond donors (Lipinski definition) is 1. The van der Waals surface area contributed by atoms with E-state index in [1.807, 2.05) is 30.3 Å². The molecule has 1 aliphatic rings. The molecule has 0 spiro atoms. The summed E-state index contributed by atoms with van der Waals surface area (Å²) in [6.45, 7) is 3.96. The number of para-hydroxylation sites is 1. The Morgan fingerprint density at radius 3 is 2.71 bits per heavy atom. The van der Waals surface area contributed by atoms with Gasteiger partial charge in [0.15, 0.2) is 0 Å². The van der Waals surface area contributed by atoms with Crippen LogP contribution in [0.1, 0.15) is 32.6 Å². The van der Waals surface area contributed by atoms with Crippen molar-refractivity contribution in [3.8, 4) is 5.75 Å². The lowest BCUT2D eigenvalue weighted by atomic mass is 10.1. The van der Waals surface area contributed by atoms with E-state index in [4.69, 9.17) is 4.74 Å². The third-order valence-electron chi connectivity index (χ3n) is 3.35. The molecule has 1 unspecified atom stereocenters. The maximum absolute atomic E-state index is 5.66. The third kappa shape index (κ3) is 4.78. The molecule has 0 bridgehead atoms. The largest absolute Gasteiger partial charge is 0.492 e. The minimum absolute atomic E-state index is 0.682. The molecule has 1 saturated carbocycles. The fraction of sp³-hybridized carbons (Fsp3) is 0.600. The van der Waals surface area contributed by atoms with Crippen molar-refractivity contribution in [3.05, 3.63) is 30.3 Å². The van der Waals surface area contributed by atoms with Crippen LogP contribution in [-0.4, -0.2) is 19.2 Å². The Kier molecular flexibility index (Phi) is 4.87. The minimum atomic E-state index is 0.682. The molecular weight excluding hydrogens is 210 g/mol. The van der Waals surface area contributed by atoms with Crippen molar-refractivity contribution in [2.45, 2.75) is 38.6 Å². The second-order valence-electron chi connectivity index (χ2n) is 4.90. The molecule has 0 aliphatic heterocycles. The summed E-state index contributed by atoms with van der Waals surface area (Å²) in [6, 6.07) is 10.7. The highest BCUT2D eigenvalue weighted by Crippen LogP contribution is 2.33. The van der Waals surface area contributed by atoms with Crippen molar-refractivity contribution in [1.82, 2.24) is 5.32 Å². The first kappa shape index (κ1) is 12.4. The summed E-state index contributed by atoms with van der Waals surface area (Å²) in [5, 5.41) is 3.59. The molecule has 2 heteroatoms. The molecule has 1 N–H and O–H groups in total. The van der Waals surface area contributed by atoms with Crippen molar-refractivity contribution < 1.29 is 4.74 Å². The normalized spacial score (nSPS) is 16.8. The quantitative estimate of drug-likeness (QED) is 0.696. The van der Waals surface area contributed by atoms with Crippen LogP contribution >= 0.6 is 0 Å². The summed E-state index contributed by atoms with van der Waals surface area (Å²) in [5.74, 6) is 1.96. The molecule has 1 aromatic carbocycles. The van der Waals surface area contributed by atoms with Gasteiger partial charge in [-0.3, -0.25) is 0 Å². The summed E-state index contributed by atoms with van der Waals surface area (Å²) in [6.07, 6.45) is 5.46. The monoisotopic (exact) mass is 233 g/mol. The van der Waals surface area contributed by atoms with Gasteiger partial charge in [0, 0.05) is 12.6 Å². The highest BCUT2D eigenvalue weighted by Gasteiger charge is 2.24. The van der Waals surface area contributed by atoms with E-state index < -0.39 is 0 Å². The van der Waals surface area contributed by atoms with Crippen molar-refractivity contribution >= 4 is 0 Å². The summed E-state index contributed by atoms with van der Waals surface area (Å²) in [5.41, 5.74) is 0. The zero-order valence-corrected chi connectivity index (χ0v) is 10.7. The first-order valence-electron chi connectivity index (χ1n) is 6.79. The average Bonchev–Trinajstić information content (AvgIpc) is 3.18. The maximum atomic E-state index is 5.66. The Hall–Kier alpha value is -1.02. The number of benzene rings is 1. The maximum Gasteiger partial charge on any atom is 0.119 e. The summed E-state index contributed by atoms with van der Waals surface area (Å²) < 4.78 is 5.66. The average molecular weight is 233 g/mol. The van der Waals surface area contributed by atoms with Gasteiger partial charge in [-0.15, -0.1) is 0 Å². The zero-order valence-electron chi connectivity index (χ0n) is 10.7. The van der Waals surface area contributed by atoms with Crippen LogP contribution in [0.4, 0.5) is 0 Å². The molecular formula is C15H23NO. The Morgan fingerprint density at radius 1 is 1.29 bits per heavy atom. The van der Waals surface area contributed by atoms with Crippen LogP contribution in [0.25, 0.3) is 0 Å². The van der Waals surface area contributed by atoms with Crippen molar-refractivity contribution in [2.24, 2.45) is 5.92 Å². The van der Waals surface area contributed by atoms with Gasteiger partial charge < -0.3 is 10.1 Å². The lowest BCUT2D eigenvalue weighted by Crippen LogP contribution is -2.32. The van der Waals surface area contributed by atoms with Crippen molar-refractivity contribution in [2.75, 3.05) is 13.2 Å². The van der Waals surface area contributed by atoms with Gasteiger partial charge in [0.05, 0.1) is 0 Å². The summed E-state index contributed by atoms with van der Waals surface area (Å²) in [7, 11) is 0. The van der Waals surface area contributed by atoms with Gasteiger partial charge >= 0.3 is 0 Å². The molecule has 2 rings (SSSR count). The van der Waals surface area contributed by atoms with Crippen molar-refractivity contribution in [1.29, 1.82) is 0 Å². The second kappa shape index (κ2) is 6.65. The first-order chi connectivity index (χ1) is 8.38. The second-order valence-corrected chi connectivity index (χ2v) is 4.90. The van der Waals surface area contributed by atoms with Crippen LogP contribution in [0.2, 0.25) is 0 Å².